The molecule has 1 aliphatic rings. The number of rotatable bonds is 6. The van der Waals surface area contributed by atoms with Crippen LogP contribution in [-0.2, 0) is 4.79 Å². The zero-order chi connectivity index (χ0) is 22.7. The highest BCUT2D eigenvalue weighted by molar-refractivity contribution is 8.03. The summed E-state index contributed by atoms with van der Waals surface area (Å²) in [5.41, 5.74) is 2.75. The van der Waals surface area contributed by atoms with Gasteiger partial charge in [0, 0.05) is 21.9 Å². The number of halogens is 3. The molecule has 0 saturated heterocycles. The van der Waals surface area contributed by atoms with E-state index < -0.39 is 5.92 Å². The van der Waals surface area contributed by atoms with Crippen molar-refractivity contribution in [2.45, 2.75) is 19.8 Å². The normalized spacial score (nSPS) is 16.1. The van der Waals surface area contributed by atoms with Crippen LogP contribution in [0.25, 0.3) is 0 Å². The first kappa shape index (κ1) is 23.4. The summed E-state index contributed by atoms with van der Waals surface area (Å²) in [7, 11) is 0. The Morgan fingerprint density at radius 2 is 1.77 bits per heavy atom. The van der Waals surface area contributed by atoms with Gasteiger partial charge in [-0.1, -0.05) is 58.7 Å². The zero-order valence-electron chi connectivity index (χ0n) is 16.6. The van der Waals surface area contributed by atoms with E-state index in [-0.39, 0.29) is 17.3 Å². The van der Waals surface area contributed by atoms with Crippen molar-refractivity contribution in [2.75, 3.05) is 5.75 Å². The molecule has 158 valence electrons. The number of allylic oxidation sites excluding steroid dienone is 3. The van der Waals surface area contributed by atoms with Crippen LogP contribution >= 0.6 is 46.6 Å². The number of thioether (sulfide) groups is 1. The van der Waals surface area contributed by atoms with Crippen LogP contribution in [0.1, 0.15) is 35.7 Å². The van der Waals surface area contributed by atoms with Gasteiger partial charge in [0.25, 0.3) is 0 Å². The fourth-order valence-corrected chi connectivity index (χ4v) is 4.78. The number of ketones is 2. The fraction of sp³-hybridized carbons (Fsp3) is 0.174. The van der Waals surface area contributed by atoms with Gasteiger partial charge in [-0.3, -0.25) is 9.59 Å². The lowest BCUT2D eigenvalue weighted by Gasteiger charge is -2.29. The molecule has 1 N–H and O–H groups in total. The summed E-state index contributed by atoms with van der Waals surface area (Å²) in [5, 5.41) is 14.9. The molecule has 4 nitrogen and oxygen atoms in total. The molecule has 0 fully saturated rings. The van der Waals surface area contributed by atoms with E-state index >= 15 is 0 Å². The molecule has 0 saturated carbocycles. The predicted octanol–water partition coefficient (Wildman–Crippen LogP) is 6.55. The number of carbonyl (C=O) groups excluding carboxylic acids is 2. The minimum absolute atomic E-state index is 0.0848. The third-order valence-corrected chi connectivity index (χ3v) is 6.83. The standard InChI is InChI=1S/C23H17Cl3N2O2S/c1-12-21(13(2)29)22(14-3-6-16(24)7-4-14)17(10-27)23(28-12)31-11-20(30)15-5-8-18(25)19(26)9-15/h3-9,22,28H,11H2,1-2H3/t22-/m1/s1. The van der Waals surface area contributed by atoms with E-state index in [2.05, 4.69) is 11.4 Å². The van der Waals surface area contributed by atoms with Crippen LogP contribution < -0.4 is 5.32 Å². The van der Waals surface area contributed by atoms with Gasteiger partial charge >= 0.3 is 0 Å². The molecule has 31 heavy (non-hydrogen) atoms. The highest BCUT2D eigenvalue weighted by atomic mass is 35.5. The number of Topliss-reactive ketones (excluding diaryl/α,β-unsaturated/α-hetero) is 2. The Kier molecular flexibility index (Phi) is 7.51. The summed E-state index contributed by atoms with van der Waals surface area (Å²) in [6.07, 6.45) is 0. The second-order valence-electron chi connectivity index (χ2n) is 6.90. The molecule has 1 heterocycles. The minimum Gasteiger partial charge on any atom is -0.353 e. The van der Waals surface area contributed by atoms with Crippen molar-refractivity contribution in [3.63, 3.8) is 0 Å². The molecule has 0 bridgehead atoms. The van der Waals surface area contributed by atoms with Gasteiger partial charge in [0.15, 0.2) is 11.6 Å². The maximum atomic E-state index is 12.7. The van der Waals surface area contributed by atoms with Crippen molar-refractivity contribution in [1.82, 2.24) is 5.32 Å². The van der Waals surface area contributed by atoms with Crippen molar-refractivity contribution in [3.05, 3.63) is 90.5 Å². The van der Waals surface area contributed by atoms with Gasteiger partial charge in [0.1, 0.15) is 0 Å². The van der Waals surface area contributed by atoms with Crippen LogP contribution in [0.4, 0.5) is 0 Å². The van der Waals surface area contributed by atoms with Crippen LogP contribution in [0.15, 0.2) is 64.3 Å². The van der Waals surface area contributed by atoms with Gasteiger partial charge < -0.3 is 5.32 Å². The first-order valence-corrected chi connectivity index (χ1v) is 11.3. The number of hydrogen-bond acceptors (Lipinski definition) is 5. The van der Waals surface area contributed by atoms with Crippen molar-refractivity contribution >= 4 is 58.1 Å². The first-order chi connectivity index (χ1) is 14.7. The second kappa shape index (κ2) is 9.93. The third-order valence-electron chi connectivity index (χ3n) is 4.82. The number of nitrogens with zero attached hydrogens (tertiary/aromatic N) is 1. The lowest BCUT2D eigenvalue weighted by atomic mass is 9.81. The molecule has 0 amide bonds. The SMILES string of the molecule is CC(=O)C1=C(C)NC(SCC(=O)c2ccc(Cl)c(Cl)c2)=C(C#N)[C@H]1c1ccc(Cl)cc1. The Balaban J connectivity index is 1.94. The van der Waals surface area contributed by atoms with Crippen molar-refractivity contribution in [3.8, 4) is 6.07 Å². The molecule has 0 spiro atoms. The van der Waals surface area contributed by atoms with E-state index in [0.717, 1.165) is 5.56 Å². The Labute approximate surface area is 199 Å². The second-order valence-corrected chi connectivity index (χ2v) is 9.14. The molecule has 0 aromatic heterocycles. The van der Waals surface area contributed by atoms with E-state index in [1.54, 1.807) is 43.3 Å². The Hall–Kier alpha value is -2.23. The zero-order valence-corrected chi connectivity index (χ0v) is 19.7. The van der Waals surface area contributed by atoms with Gasteiger partial charge in [-0.15, -0.1) is 0 Å². The smallest absolute Gasteiger partial charge is 0.173 e. The monoisotopic (exact) mass is 490 g/mol. The first-order valence-electron chi connectivity index (χ1n) is 9.22. The third kappa shape index (κ3) is 5.16. The highest BCUT2D eigenvalue weighted by Gasteiger charge is 2.33. The summed E-state index contributed by atoms with van der Waals surface area (Å²) in [6.45, 7) is 3.26. The van der Waals surface area contributed by atoms with Gasteiger partial charge in [-0.2, -0.15) is 5.26 Å². The van der Waals surface area contributed by atoms with Gasteiger partial charge in [0.2, 0.25) is 0 Å². The molecule has 0 unspecified atom stereocenters. The van der Waals surface area contributed by atoms with E-state index in [9.17, 15) is 14.9 Å². The fourth-order valence-electron chi connectivity index (χ4n) is 3.37. The van der Waals surface area contributed by atoms with E-state index in [1.165, 1.54) is 24.8 Å². The van der Waals surface area contributed by atoms with Crippen LogP contribution in [0.5, 0.6) is 0 Å². The van der Waals surface area contributed by atoms with Crippen molar-refractivity contribution in [1.29, 1.82) is 5.26 Å². The molecule has 1 atom stereocenters. The molecular weight excluding hydrogens is 475 g/mol. The Morgan fingerprint density at radius 1 is 1.10 bits per heavy atom. The quantitative estimate of drug-likeness (QED) is 0.464. The molecule has 1 aliphatic heterocycles. The lowest BCUT2D eigenvalue weighted by Crippen LogP contribution is -2.27. The van der Waals surface area contributed by atoms with Crippen LogP contribution in [0.2, 0.25) is 15.1 Å². The van der Waals surface area contributed by atoms with Crippen LogP contribution in [0.3, 0.4) is 0 Å². The summed E-state index contributed by atoms with van der Waals surface area (Å²) in [4.78, 5) is 25.1. The summed E-state index contributed by atoms with van der Waals surface area (Å²) in [6, 6.07) is 14.0. The van der Waals surface area contributed by atoms with Crippen molar-refractivity contribution < 1.29 is 9.59 Å². The predicted molar refractivity (Wildman–Crippen MR) is 127 cm³/mol. The number of hydrogen-bond donors (Lipinski definition) is 1. The van der Waals surface area contributed by atoms with E-state index in [0.29, 0.717) is 42.5 Å². The van der Waals surface area contributed by atoms with Crippen molar-refractivity contribution in [2.24, 2.45) is 0 Å². The molecule has 3 rings (SSSR count). The van der Waals surface area contributed by atoms with Crippen LogP contribution in [-0.4, -0.2) is 17.3 Å². The number of benzene rings is 2. The van der Waals surface area contributed by atoms with E-state index in [1.807, 2.05) is 0 Å². The topological polar surface area (TPSA) is 70.0 Å². The maximum absolute atomic E-state index is 12.7. The lowest BCUT2D eigenvalue weighted by molar-refractivity contribution is -0.113. The average molecular weight is 492 g/mol. The summed E-state index contributed by atoms with van der Waals surface area (Å²) >= 11 is 19.2. The van der Waals surface area contributed by atoms with Crippen LogP contribution in [0, 0.1) is 11.3 Å². The molecule has 2 aromatic carbocycles. The summed E-state index contributed by atoms with van der Waals surface area (Å²) < 4.78 is 0. The molecule has 2 aromatic rings. The molecule has 0 radical (unpaired) electrons. The van der Waals surface area contributed by atoms with Gasteiger partial charge in [0.05, 0.1) is 38.4 Å². The maximum Gasteiger partial charge on any atom is 0.173 e. The Morgan fingerprint density at radius 3 is 2.35 bits per heavy atom. The van der Waals surface area contributed by atoms with Gasteiger partial charge in [-0.25, -0.2) is 0 Å². The Bertz CT molecular complexity index is 1160. The highest BCUT2D eigenvalue weighted by Crippen LogP contribution is 2.41. The largest absolute Gasteiger partial charge is 0.353 e. The minimum atomic E-state index is -0.538. The molecule has 8 heteroatoms. The van der Waals surface area contributed by atoms with E-state index in [4.69, 9.17) is 34.8 Å². The molecule has 0 aliphatic carbocycles. The number of nitrogens with one attached hydrogen (secondary N) is 1. The van der Waals surface area contributed by atoms with Gasteiger partial charge in [-0.05, 0) is 49.7 Å². The number of carbonyl (C=O) groups is 2. The average Bonchev–Trinajstić information content (AvgIpc) is 2.73. The number of nitriles is 1. The summed E-state index contributed by atoms with van der Waals surface area (Å²) in [5.74, 6) is -0.740. The number of dihydropyridines is 1. The molecular formula is C23H17Cl3N2O2S.